The number of aromatic nitrogens is 3. The van der Waals surface area contributed by atoms with Gasteiger partial charge in [-0.2, -0.15) is 0 Å². The summed E-state index contributed by atoms with van der Waals surface area (Å²) in [6.45, 7) is 0. The number of rotatable bonds is 3. The molecule has 1 aliphatic rings. The van der Waals surface area contributed by atoms with Crippen LogP contribution in [-0.2, 0) is 0 Å². The van der Waals surface area contributed by atoms with Crippen LogP contribution in [0.4, 0.5) is 16.8 Å². The van der Waals surface area contributed by atoms with Gasteiger partial charge in [-0.15, -0.1) is 21.5 Å². The summed E-state index contributed by atoms with van der Waals surface area (Å²) in [5.41, 5.74) is 6.65. The minimum absolute atomic E-state index is 0.420. The van der Waals surface area contributed by atoms with Crippen LogP contribution >= 0.6 is 11.3 Å². The van der Waals surface area contributed by atoms with Crippen molar-refractivity contribution in [1.29, 1.82) is 0 Å². The van der Waals surface area contributed by atoms with Gasteiger partial charge in [0.15, 0.2) is 10.9 Å². The molecule has 0 bridgehead atoms. The number of nitrogens with zero attached hydrogens (tertiary/aromatic N) is 3. The molecular formula is C10H11N5S. The molecule has 0 aliphatic heterocycles. The Morgan fingerprint density at radius 3 is 2.88 bits per heavy atom. The lowest BCUT2D eigenvalue weighted by Gasteiger charge is -1.99. The van der Waals surface area contributed by atoms with Crippen molar-refractivity contribution in [2.24, 2.45) is 0 Å². The van der Waals surface area contributed by atoms with E-state index in [1.807, 2.05) is 0 Å². The summed E-state index contributed by atoms with van der Waals surface area (Å²) >= 11 is 1.60. The second-order valence-electron chi connectivity index (χ2n) is 3.82. The van der Waals surface area contributed by atoms with Crippen molar-refractivity contribution in [2.75, 3.05) is 11.1 Å². The largest absolute Gasteiger partial charge is 0.382 e. The quantitative estimate of drug-likeness (QED) is 0.849. The van der Waals surface area contributed by atoms with Crippen LogP contribution in [0.5, 0.6) is 0 Å². The van der Waals surface area contributed by atoms with Crippen molar-refractivity contribution in [3.63, 3.8) is 0 Å². The Bertz CT molecular complexity index is 488. The van der Waals surface area contributed by atoms with Gasteiger partial charge in [0, 0.05) is 11.3 Å². The number of thiazole rings is 1. The van der Waals surface area contributed by atoms with Crippen molar-refractivity contribution in [2.45, 2.75) is 18.8 Å². The zero-order chi connectivity index (χ0) is 11.0. The number of nitrogen functional groups attached to an aromatic ring is 1. The molecule has 3 rings (SSSR count). The lowest BCUT2D eigenvalue weighted by Crippen LogP contribution is -1.97. The maximum absolute atomic E-state index is 5.46. The zero-order valence-corrected chi connectivity index (χ0v) is 9.37. The number of hydrogen-bond donors (Lipinski definition) is 2. The molecule has 6 heteroatoms. The summed E-state index contributed by atoms with van der Waals surface area (Å²) in [5.74, 6) is 1.78. The molecule has 2 heterocycles. The van der Waals surface area contributed by atoms with Crippen LogP contribution in [0, 0.1) is 0 Å². The Labute approximate surface area is 96.7 Å². The monoisotopic (exact) mass is 233 g/mol. The fourth-order valence-electron chi connectivity index (χ4n) is 1.43. The summed E-state index contributed by atoms with van der Waals surface area (Å²) in [4.78, 5) is 4.50. The minimum Gasteiger partial charge on any atom is -0.382 e. The highest BCUT2D eigenvalue weighted by Gasteiger charge is 2.26. The second kappa shape index (κ2) is 3.71. The number of nitrogens with one attached hydrogen (secondary N) is 1. The topological polar surface area (TPSA) is 76.7 Å². The highest BCUT2D eigenvalue weighted by Crippen LogP contribution is 2.41. The lowest BCUT2D eigenvalue weighted by atomic mass is 10.3. The summed E-state index contributed by atoms with van der Waals surface area (Å²) in [5, 5.41) is 13.8. The van der Waals surface area contributed by atoms with Gasteiger partial charge in [-0.25, -0.2) is 4.98 Å². The molecule has 1 fully saturated rings. The van der Waals surface area contributed by atoms with Crippen LogP contribution in [0.25, 0.3) is 0 Å². The van der Waals surface area contributed by atoms with E-state index in [-0.39, 0.29) is 0 Å². The summed E-state index contributed by atoms with van der Waals surface area (Å²) in [6, 6.07) is 3.51. The lowest BCUT2D eigenvalue weighted by molar-refractivity contribution is 1.03. The predicted molar refractivity (Wildman–Crippen MR) is 63.8 cm³/mol. The van der Waals surface area contributed by atoms with Crippen molar-refractivity contribution in [3.05, 3.63) is 23.2 Å². The summed E-state index contributed by atoms with van der Waals surface area (Å²) in [6.07, 6.45) is 2.54. The predicted octanol–water partition coefficient (Wildman–Crippen LogP) is 2.14. The van der Waals surface area contributed by atoms with E-state index in [1.165, 1.54) is 18.5 Å². The number of hydrogen-bond acceptors (Lipinski definition) is 6. The van der Waals surface area contributed by atoms with Gasteiger partial charge in [-0.1, -0.05) is 0 Å². The van der Waals surface area contributed by atoms with E-state index in [2.05, 4.69) is 25.9 Å². The van der Waals surface area contributed by atoms with Gasteiger partial charge in [0.25, 0.3) is 0 Å². The van der Waals surface area contributed by atoms with Crippen LogP contribution in [0.3, 0.4) is 0 Å². The van der Waals surface area contributed by atoms with Crippen LogP contribution in [0.15, 0.2) is 17.5 Å². The fraction of sp³-hybridized carbons (Fsp3) is 0.300. The van der Waals surface area contributed by atoms with E-state index in [0.29, 0.717) is 17.6 Å². The maximum Gasteiger partial charge on any atom is 0.188 e. The zero-order valence-electron chi connectivity index (χ0n) is 8.55. The van der Waals surface area contributed by atoms with Crippen LogP contribution in [0.1, 0.15) is 24.5 Å². The first-order chi connectivity index (χ1) is 7.81. The minimum atomic E-state index is 0.420. The molecule has 0 spiro atoms. The van der Waals surface area contributed by atoms with E-state index >= 15 is 0 Å². The molecule has 5 nitrogen and oxygen atoms in total. The molecule has 3 N–H and O–H groups in total. The van der Waals surface area contributed by atoms with Gasteiger partial charge >= 0.3 is 0 Å². The Balaban J connectivity index is 1.75. The normalized spacial score (nSPS) is 15.0. The van der Waals surface area contributed by atoms with Crippen LogP contribution in [-0.4, -0.2) is 15.2 Å². The second-order valence-corrected chi connectivity index (χ2v) is 4.68. The highest BCUT2D eigenvalue weighted by atomic mass is 32.1. The molecule has 2 aromatic rings. The van der Waals surface area contributed by atoms with Crippen LogP contribution < -0.4 is 11.1 Å². The molecule has 0 radical (unpaired) electrons. The van der Waals surface area contributed by atoms with Gasteiger partial charge in [0.2, 0.25) is 0 Å². The molecule has 0 unspecified atom stereocenters. The number of anilines is 3. The third kappa shape index (κ3) is 1.96. The Kier molecular flexibility index (Phi) is 2.21. The summed E-state index contributed by atoms with van der Waals surface area (Å²) < 4.78 is 0. The van der Waals surface area contributed by atoms with E-state index in [4.69, 9.17) is 5.73 Å². The number of nitrogens with two attached hydrogens (primary N) is 1. The molecule has 0 saturated heterocycles. The average Bonchev–Trinajstić information content (AvgIpc) is 3.04. The molecule has 0 amide bonds. The van der Waals surface area contributed by atoms with Crippen LogP contribution in [0.2, 0.25) is 0 Å². The first-order valence-electron chi connectivity index (χ1n) is 5.13. The van der Waals surface area contributed by atoms with Gasteiger partial charge < -0.3 is 11.1 Å². The maximum atomic E-state index is 5.46. The Morgan fingerprint density at radius 1 is 1.31 bits per heavy atom. The van der Waals surface area contributed by atoms with Gasteiger partial charge in [0.05, 0.1) is 5.69 Å². The van der Waals surface area contributed by atoms with Crippen molar-refractivity contribution in [3.8, 4) is 0 Å². The Hall–Kier alpha value is -1.69. The van der Waals surface area contributed by atoms with Crippen molar-refractivity contribution < 1.29 is 0 Å². The molecule has 2 aromatic heterocycles. The van der Waals surface area contributed by atoms with Crippen molar-refractivity contribution >= 4 is 28.1 Å². The molecule has 0 aromatic carbocycles. The van der Waals surface area contributed by atoms with E-state index in [1.54, 1.807) is 23.5 Å². The molecule has 16 heavy (non-hydrogen) atoms. The van der Waals surface area contributed by atoms with Gasteiger partial charge in [-0.05, 0) is 25.0 Å². The summed E-state index contributed by atoms with van der Waals surface area (Å²) in [7, 11) is 0. The smallest absolute Gasteiger partial charge is 0.188 e. The standard InChI is InChI=1S/C10H11N5S/c11-8-3-4-9(15-14-8)13-10-12-7(5-16-10)6-1-2-6/h3-6H,1-2H2,(H2,11,14)(H,12,13,15). The Morgan fingerprint density at radius 2 is 2.19 bits per heavy atom. The van der Waals surface area contributed by atoms with Gasteiger partial charge in [0.1, 0.15) is 5.82 Å². The van der Waals surface area contributed by atoms with E-state index in [0.717, 1.165) is 5.13 Å². The SMILES string of the molecule is Nc1ccc(Nc2nc(C3CC3)cs2)nn1. The third-order valence-corrected chi connectivity index (χ3v) is 3.21. The molecule has 1 saturated carbocycles. The molecule has 0 atom stereocenters. The molecular weight excluding hydrogens is 222 g/mol. The average molecular weight is 233 g/mol. The highest BCUT2D eigenvalue weighted by molar-refractivity contribution is 7.13. The first-order valence-corrected chi connectivity index (χ1v) is 6.01. The van der Waals surface area contributed by atoms with Gasteiger partial charge in [-0.3, -0.25) is 0 Å². The van der Waals surface area contributed by atoms with Crippen molar-refractivity contribution in [1.82, 2.24) is 15.2 Å². The molecule has 82 valence electrons. The van der Waals surface area contributed by atoms with E-state index in [9.17, 15) is 0 Å². The van der Waals surface area contributed by atoms with E-state index < -0.39 is 0 Å². The first kappa shape index (κ1) is 9.53. The third-order valence-electron chi connectivity index (χ3n) is 2.44. The fourth-order valence-corrected chi connectivity index (χ4v) is 2.23. The molecule has 1 aliphatic carbocycles.